The Morgan fingerprint density at radius 2 is 1.69 bits per heavy atom. The van der Waals surface area contributed by atoms with Crippen LogP contribution in [0.4, 0.5) is 5.69 Å². The largest absolute Gasteiger partial charge is 0.481 e. The van der Waals surface area contributed by atoms with Gasteiger partial charge in [0.2, 0.25) is 0 Å². The Morgan fingerprint density at radius 1 is 0.862 bits per heavy atom. The third kappa shape index (κ3) is 4.32. The topological polar surface area (TPSA) is 68.2 Å². The normalized spacial score (nSPS) is 11.0. The monoisotopic (exact) mass is 384 g/mol. The second-order valence-electron chi connectivity index (χ2n) is 7.35. The Labute approximate surface area is 170 Å². The van der Waals surface area contributed by atoms with Crippen LogP contribution in [0.25, 0.3) is 16.6 Å². The number of carboxylic acid groups (broad SMARTS) is 1. The standard InChI is InChI=1S/C25H24N2O2/c26-21-7-4-8-22(16-21)27-17-20(12-9-18-5-2-1-3-6-18)23-15-19(10-13-24(23)27)11-14-25(28)29/h1-8,10,13,15-17H,9,11-12,14,26H2,(H,28,29). The van der Waals surface area contributed by atoms with Gasteiger partial charge in [-0.05, 0) is 66.3 Å². The van der Waals surface area contributed by atoms with E-state index in [1.54, 1.807) is 0 Å². The van der Waals surface area contributed by atoms with Crippen LogP contribution in [-0.4, -0.2) is 15.6 Å². The Morgan fingerprint density at radius 3 is 2.45 bits per heavy atom. The lowest BCUT2D eigenvalue weighted by atomic mass is 10.0. The van der Waals surface area contributed by atoms with Crippen LogP contribution in [0, 0.1) is 0 Å². The van der Waals surface area contributed by atoms with Crippen LogP contribution in [0.2, 0.25) is 0 Å². The first-order valence-electron chi connectivity index (χ1n) is 9.84. The zero-order chi connectivity index (χ0) is 20.2. The van der Waals surface area contributed by atoms with Crippen LogP contribution < -0.4 is 5.73 Å². The quantitative estimate of drug-likeness (QED) is 0.440. The van der Waals surface area contributed by atoms with Gasteiger partial charge in [0.1, 0.15) is 0 Å². The van der Waals surface area contributed by atoms with Crippen molar-refractivity contribution in [3.05, 3.63) is 95.7 Å². The number of hydrogen-bond acceptors (Lipinski definition) is 2. The number of aliphatic carboxylic acids is 1. The first kappa shape index (κ1) is 18.8. The molecule has 0 atom stereocenters. The van der Waals surface area contributed by atoms with E-state index >= 15 is 0 Å². The Bertz CT molecular complexity index is 1150. The van der Waals surface area contributed by atoms with Crippen molar-refractivity contribution >= 4 is 22.6 Å². The third-order valence-electron chi connectivity index (χ3n) is 5.25. The van der Waals surface area contributed by atoms with Crippen LogP contribution in [0.15, 0.2) is 79.0 Å². The lowest BCUT2D eigenvalue weighted by Crippen LogP contribution is -1.97. The summed E-state index contributed by atoms with van der Waals surface area (Å²) in [5, 5.41) is 10.2. The fourth-order valence-corrected chi connectivity index (χ4v) is 3.76. The van der Waals surface area contributed by atoms with E-state index in [0.717, 1.165) is 35.3 Å². The number of carboxylic acids is 1. The number of hydrogen-bond donors (Lipinski definition) is 2. The molecule has 146 valence electrons. The van der Waals surface area contributed by atoms with Crippen molar-refractivity contribution in [3.8, 4) is 5.69 Å². The van der Waals surface area contributed by atoms with E-state index in [-0.39, 0.29) is 6.42 Å². The number of rotatable bonds is 7. The average Bonchev–Trinajstić information content (AvgIpc) is 3.09. The van der Waals surface area contributed by atoms with Gasteiger partial charge in [-0.1, -0.05) is 42.5 Å². The number of anilines is 1. The van der Waals surface area contributed by atoms with Crippen molar-refractivity contribution in [1.29, 1.82) is 0 Å². The fraction of sp³-hybridized carbons (Fsp3) is 0.160. The number of fused-ring (bicyclic) bond motifs is 1. The van der Waals surface area contributed by atoms with Gasteiger partial charge in [0, 0.05) is 29.4 Å². The molecule has 3 aromatic carbocycles. The van der Waals surface area contributed by atoms with E-state index in [1.807, 2.05) is 30.3 Å². The Hall–Kier alpha value is -3.53. The minimum Gasteiger partial charge on any atom is -0.481 e. The molecule has 0 aliphatic rings. The highest BCUT2D eigenvalue weighted by atomic mass is 16.4. The molecule has 0 saturated heterocycles. The Balaban J connectivity index is 1.74. The van der Waals surface area contributed by atoms with Crippen molar-refractivity contribution in [2.45, 2.75) is 25.7 Å². The number of benzene rings is 3. The molecular formula is C25H24N2O2. The van der Waals surface area contributed by atoms with Crippen molar-refractivity contribution < 1.29 is 9.90 Å². The maximum atomic E-state index is 11.0. The maximum Gasteiger partial charge on any atom is 0.303 e. The molecule has 0 fully saturated rings. The number of nitrogen functional groups attached to an aromatic ring is 1. The predicted molar refractivity (Wildman–Crippen MR) is 117 cm³/mol. The van der Waals surface area contributed by atoms with Gasteiger partial charge in [0.05, 0.1) is 5.52 Å². The summed E-state index contributed by atoms with van der Waals surface area (Å²) in [4.78, 5) is 11.0. The SMILES string of the molecule is Nc1cccc(-n2cc(CCc3ccccc3)c3cc(CCC(=O)O)ccc32)c1. The molecule has 4 aromatic rings. The van der Waals surface area contributed by atoms with Gasteiger partial charge in [0.15, 0.2) is 0 Å². The summed E-state index contributed by atoms with van der Waals surface area (Å²) in [7, 11) is 0. The Kier molecular flexibility index (Phi) is 5.34. The van der Waals surface area contributed by atoms with Crippen LogP contribution >= 0.6 is 0 Å². The zero-order valence-electron chi connectivity index (χ0n) is 16.2. The summed E-state index contributed by atoms with van der Waals surface area (Å²) >= 11 is 0. The second kappa shape index (κ2) is 8.23. The number of aromatic nitrogens is 1. The van der Waals surface area contributed by atoms with Gasteiger partial charge in [-0.25, -0.2) is 0 Å². The fourth-order valence-electron chi connectivity index (χ4n) is 3.76. The van der Waals surface area contributed by atoms with Crippen LogP contribution in [0.5, 0.6) is 0 Å². The van der Waals surface area contributed by atoms with E-state index in [0.29, 0.717) is 6.42 Å². The lowest BCUT2D eigenvalue weighted by Gasteiger charge is -2.07. The smallest absolute Gasteiger partial charge is 0.303 e. The predicted octanol–water partition coefficient (Wildman–Crippen LogP) is 5.02. The molecule has 0 spiro atoms. The summed E-state index contributed by atoms with van der Waals surface area (Å²) in [6.07, 6.45) is 4.73. The highest BCUT2D eigenvalue weighted by molar-refractivity contribution is 5.86. The molecule has 0 radical (unpaired) electrons. The van der Waals surface area contributed by atoms with Crippen LogP contribution in [0.3, 0.4) is 0 Å². The van der Waals surface area contributed by atoms with E-state index in [9.17, 15) is 4.79 Å². The van der Waals surface area contributed by atoms with Gasteiger partial charge in [0.25, 0.3) is 0 Å². The molecule has 3 N–H and O–H groups in total. The van der Waals surface area contributed by atoms with E-state index in [1.165, 1.54) is 16.5 Å². The molecule has 29 heavy (non-hydrogen) atoms. The minimum atomic E-state index is -0.772. The van der Waals surface area contributed by atoms with Gasteiger partial charge in [-0.15, -0.1) is 0 Å². The highest BCUT2D eigenvalue weighted by Crippen LogP contribution is 2.28. The number of nitrogens with zero attached hydrogens (tertiary/aromatic N) is 1. The van der Waals surface area contributed by atoms with Gasteiger partial charge < -0.3 is 15.4 Å². The number of aryl methyl sites for hydroxylation is 3. The van der Waals surface area contributed by atoms with Crippen LogP contribution in [-0.2, 0) is 24.1 Å². The third-order valence-corrected chi connectivity index (χ3v) is 5.25. The van der Waals surface area contributed by atoms with Gasteiger partial charge >= 0.3 is 5.97 Å². The summed E-state index contributed by atoms with van der Waals surface area (Å²) < 4.78 is 2.17. The molecule has 4 heteroatoms. The summed E-state index contributed by atoms with van der Waals surface area (Å²) in [5.41, 5.74) is 12.5. The van der Waals surface area contributed by atoms with Crippen molar-refractivity contribution in [2.24, 2.45) is 0 Å². The van der Waals surface area contributed by atoms with E-state index < -0.39 is 5.97 Å². The number of nitrogens with two attached hydrogens (primary N) is 1. The van der Waals surface area contributed by atoms with Crippen molar-refractivity contribution in [2.75, 3.05) is 5.73 Å². The molecule has 0 saturated carbocycles. The van der Waals surface area contributed by atoms with E-state index in [2.05, 4.69) is 53.2 Å². The van der Waals surface area contributed by atoms with Crippen LogP contribution in [0.1, 0.15) is 23.1 Å². The first-order chi connectivity index (χ1) is 14.1. The minimum absolute atomic E-state index is 0.140. The summed E-state index contributed by atoms with van der Waals surface area (Å²) in [6, 6.07) is 24.6. The molecule has 1 aromatic heterocycles. The summed E-state index contributed by atoms with van der Waals surface area (Å²) in [5.74, 6) is -0.772. The maximum absolute atomic E-state index is 11.0. The molecule has 0 aliphatic heterocycles. The average molecular weight is 384 g/mol. The van der Waals surface area contributed by atoms with Gasteiger partial charge in [-0.2, -0.15) is 0 Å². The molecule has 0 bridgehead atoms. The molecule has 1 heterocycles. The second-order valence-corrected chi connectivity index (χ2v) is 7.35. The summed E-state index contributed by atoms with van der Waals surface area (Å²) in [6.45, 7) is 0. The highest BCUT2D eigenvalue weighted by Gasteiger charge is 2.12. The number of carbonyl (C=O) groups is 1. The lowest BCUT2D eigenvalue weighted by molar-refractivity contribution is -0.136. The van der Waals surface area contributed by atoms with Crippen molar-refractivity contribution in [3.63, 3.8) is 0 Å². The zero-order valence-corrected chi connectivity index (χ0v) is 16.2. The molecule has 4 nitrogen and oxygen atoms in total. The molecular weight excluding hydrogens is 360 g/mol. The molecule has 0 unspecified atom stereocenters. The van der Waals surface area contributed by atoms with Crippen molar-refractivity contribution in [1.82, 2.24) is 4.57 Å². The van der Waals surface area contributed by atoms with E-state index in [4.69, 9.17) is 10.8 Å². The molecule has 4 rings (SSSR count). The molecule has 0 amide bonds. The van der Waals surface area contributed by atoms with Gasteiger partial charge in [-0.3, -0.25) is 4.79 Å². The molecule has 0 aliphatic carbocycles. The first-order valence-corrected chi connectivity index (χ1v) is 9.84.